The van der Waals surface area contributed by atoms with Crippen LogP contribution in [-0.2, 0) is 15.8 Å². The highest BCUT2D eigenvalue weighted by atomic mass is 35.5. The molecule has 0 aliphatic heterocycles. The first-order valence-electron chi connectivity index (χ1n) is 6.66. The fraction of sp³-hybridized carbons (Fsp3) is 0.250. The molecule has 3 nitrogen and oxygen atoms in total. The van der Waals surface area contributed by atoms with Crippen LogP contribution >= 0.6 is 11.6 Å². The van der Waals surface area contributed by atoms with Crippen molar-refractivity contribution in [2.24, 2.45) is 0 Å². The molecule has 1 unspecified atom stereocenters. The molecule has 0 saturated carbocycles. The lowest BCUT2D eigenvalue weighted by molar-refractivity contribution is 0.398. The van der Waals surface area contributed by atoms with E-state index in [0.717, 1.165) is 11.1 Å². The molecule has 0 aromatic heterocycles. The highest BCUT2D eigenvalue weighted by Gasteiger charge is 2.25. The van der Waals surface area contributed by atoms with E-state index in [2.05, 4.69) is 0 Å². The van der Waals surface area contributed by atoms with E-state index >= 15 is 0 Å². The van der Waals surface area contributed by atoms with Crippen molar-refractivity contribution in [3.8, 4) is 0 Å². The van der Waals surface area contributed by atoms with Crippen LogP contribution < -0.4 is 0 Å². The van der Waals surface area contributed by atoms with E-state index in [4.69, 9.17) is 11.6 Å². The smallest absolute Gasteiger partial charge is 0.212 e. The SMILES string of the molecule is CC(c1ccccc1Cl)N(C)S(=O)(=O)Cc1ccccc1. The van der Waals surface area contributed by atoms with E-state index in [0.29, 0.717) is 5.02 Å². The van der Waals surface area contributed by atoms with Gasteiger partial charge < -0.3 is 0 Å². The zero-order valence-corrected chi connectivity index (χ0v) is 13.6. The van der Waals surface area contributed by atoms with Crippen molar-refractivity contribution >= 4 is 21.6 Å². The number of hydrogen-bond acceptors (Lipinski definition) is 2. The molecule has 0 amide bonds. The molecule has 0 spiro atoms. The Bertz CT molecular complexity index is 701. The molecule has 1 atom stereocenters. The molecule has 0 bridgehead atoms. The van der Waals surface area contributed by atoms with E-state index in [9.17, 15) is 8.42 Å². The van der Waals surface area contributed by atoms with Crippen LogP contribution in [0.1, 0.15) is 24.1 Å². The standard InChI is InChI=1S/C16H18ClNO2S/c1-13(15-10-6-7-11-16(15)17)18(2)21(19,20)12-14-8-4-3-5-9-14/h3-11,13H,12H2,1-2H3. The normalized spacial score (nSPS) is 13.3. The van der Waals surface area contributed by atoms with Crippen LogP contribution in [0.25, 0.3) is 0 Å². The maximum absolute atomic E-state index is 12.5. The van der Waals surface area contributed by atoms with E-state index < -0.39 is 10.0 Å². The Hall–Kier alpha value is -1.36. The van der Waals surface area contributed by atoms with Gasteiger partial charge in [-0.05, 0) is 24.1 Å². The number of halogens is 1. The largest absolute Gasteiger partial charge is 0.218 e. The minimum Gasteiger partial charge on any atom is -0.212 e. The summed E-state index contributed by atoms with van der Waals surface area (Å²) in [7, 11) is -1.81. The van der Waals surface area contributed by atoms with Crippen molar-refractivity contribution < 1.29 is 8.42 Å². The lowest BCUT2D eigenvalue weighted by Crippen LogP contribution is -2.31. The minimum absolute atomic E-state index is 0.0147. The molecular weight excluding hydrogens is 306 g/mol. The maximum Gasteiger partial charge on any atom is 0.218 e. The fourth-order valence-electron chi connectivity index (χ4n) is 2.14. The van der Waals surface area contributed by atoms with Gasteiger partial charge in [0.25, 0.3) is 0 Å². The lowest BCUT2D eigenvalue weighted by Gasteiger charge is -2.25. The zero-order valence-electron chi connectivity index (χ0n) is 12.0. The second-order valence-corrected chi connectivity index (χ2v) is 7.39. The van der Waals surface area contributed by atoms with E-state index in [1.54, 1.807) is 13.1 Å². The number of benzene rings is 2. The maximum atomic E-state index is 12.5. The molecule has 112 valence electrons. The third-order valence-corrected chi connectivity index (χ3v) is 5.77. The van der Waals surface area contributed by atoms with Crippen molar-refractivity contribution in [3.05, 3.63) is 70.7 Å². The molecule has 0 radical (unpaired) electrons. The molecular formula is C16H18ClNO2S. The van der Waals surface area contributed by atoms with Gasteiger partial charge in [0.15, 0.2) is 0 Å². The first kappa shape index (κ1) is 16.0. The lowest BCUT2D eigenvalue weighted by atomic mass is 10.1. The van der Waals surface area contributed by atoms with Gasteiger partial charge in [0.05, 0.1) is 5.75 Å². The monoisotopic (exact) mass is 323 g/mol. The van der Waals surface area contributed by atoms with Gasteiger partial charge in [-0.15, -0.1) is 0 Å². The van der Waals surface area contributed by atoms with Crippen molar-refractivity contribution in [3.63, 3.8) is 0 Å². The van der Waals surface area contributed by atoms with Gasteiger partial charge in [0.2, 0.25) is 10.0 Å². The summed E-state index contributed by atoms with van der Waals surface area (Å²) in [5.74, 6) is -0.0147. The van der Waals surface area contributed by atoms with Gasteiger partial charge in [-0.2, -0.15) is 4.31 Å². The Kier molecular flexibility index (Phi) is 5.04. The predicted molar refractivity (Wildman–Crippen MR) is 86.7 cm³/mol. The molecule has 0 N–H and O–H groups in total. The van der Waals surface area contributed by atoms with Gasteiger partial charge >= 0.3 is 0 Å². The number of nitrogens with zero attached hydrogens (tertiary/aromatic N) is 1. The molecule has 5 heteroatoms. The van der Waals surface area contributed by atoms with Gasteiger partial charge in [0, 0.05) is 18.1 Å². The van der Waals surface area contributed by atoms with Gasteiger partial charge in [-0.25, -0.2) is 8.42 Å². The zero-order chi connectivity index (χ0) is 15.5. The Morgan fingerprint density at radius 2 is 1.62 bits per heavy atom. The Morgan fingerprint density at radius 1 is 1.05 bits per heavy atom. The summed E-state index contributed by atoms with van der Waals surface area (Å²) in [6, 6.07) is 16.2. The topological polar surface area (TPSA) is 37.4 Å². The second kappa shape index (κ2) is 6.60. The molecule has 0 aliphatic carbocycles. The molecule has 0 fully saturated rings. The van der Waals surface area contributed by atoms with Crippen molar-refractivity contribution in [2.45, 2.75) is 18.7 Å². The minimum atomic E-state index is -3.40. The number of rotatable bonds is 5. The van der Waals surface area contributed by atoms with Crippen molar-refractivity contribution in [1.82, 2.24) is 4.31 Å². The van der Waals surface area contributed by atoms with Crippen LogP contribution in [0.4, 0.5) is 0 Å². The summed E-state index contributed by atoms with van der Waals surface area (Å²) >= 11 is 6.15. The predicted octanol–water partition coefficient (Wildman–Crippen LogP) is 3.86. The molecule has 0 heterocycles. The van der Waals surface area contributed by atoms with Crippen LogP contribution in [0.3, 0.4) is 0 Å². The van der Waals surface area contributed by atoms with E-state index in [1.807, 2.05) is 55.5 Å². The highest BCUT2D eigenvalue weighted by molar-refractivity contribution is 7.88. The summed E-state index contributed by atoms with van der Waals surface area (Å²) in [6.07, 6.45) is 0. The first-order chi connectivity index (χ1) is 9.92. The van der Waals surface area contributed by atoms with Crippen LogP contribution in [0.5, 0.6) is 0 Å². The van der Waals surface area contributed by atoms with E-state index in [-0.39, 0.29) is 11.8 Å². The summed E-state index contributed by atoms with van der Waals surface area (Å²) in [5.41, 5.74) is 1.58. The van der Waals surface area contributed by atoms with Crippen LogP contribution in [0, 0.1) is 0 Å². The third-order valence-electron chi connectivity index (χ3n) is 3.53. The third kappa shape index (κ3) is 3.84. The fourth-order valence-corrected chi connectivity index (χ4v) is 3.84. The van der Waals surface area contributed by atoms with Gasteiger partial charge in [-0.1, -0.05) is 60.1 Å². The average Bonchev–Trinajstić information content (AvgIpc) is 2.47. The highest BCUT2D eigenvalue weighted by Crippen LogP contribution is 2.28. The average molecular weight is 324 g/mol. The van der Waals surface area contributed by atoms with Crippen molar-refractivity contribution in [2.75, 3.05) is 7.05 Å². The van der Waals surface area contributed by atoms with E-state index in [1.165, 1.54) is 4.31 Å². The van der Waals surface area contributed by atoms with Crippen LogP contribution in [0.2, 0.25) is 5.02 Å². The summed E-state index contributed by atoms with van der Waals surface area (Å²) in [4.78, 5) is 0. The number of sulfonamides is 1. The molecule has 0 aliphatic rings. The summed E-state index contributed by atoms with van der Waals surface area (Å²) in [6.45, 7) is 1.84. The summed E-state index contributed by atoms with van der Waals surface area (Å²) in [5, 5.41) is 0.576. The molecule has 2 aromatic rings. The van der Waals surface area contributed by atoms with Crippen LogP contribution in [-0.4, -0.2) is 19.8 Å². The molecule has 2 aromatic carbocycles. The quantitative estimate of drug-likeness (QED) is 0.837. The molecule has 2 rings (SSSR count). The molecule has 21 heavy (non-hydrogen) atoms. The Morgan fingerprint density at radius 3 is 2.24 bits per heavy atom. The first-order valence-corrected chi connectivity index (χ1v) is 8.64. The molecule has 0 saturated heterocycles. The Labute approximate surface area is 131 Å². The van der Waals surface area contributed by atoms with Crippen molar-refractivity contribution in [1.29, 1.82) is 0 Å². The van der Waals surface area contributed by atoms with Crippen LogP contribution in [0.15, 0.2) is 54.6 Å². The summed E-state index contributed by atoms with van der Waals surface area (Å²) < 4.78 is 26.4. The Balaban J connectivity index is 2.22. The van der Waals surface area contributed by atoms with Gasteiger partial charge in [0.1, 0.15) is 0 Å². The van der Waals surface area contributed by atoms with Gasteiger partial charge in [-0.3, -0.25) is 0 Å². The number of hydrogen-bond donors (Lipinski definition) is 0. The second-order valence-electron chi connectivity index (χ2n) is 4.96.